The van der Waals surface area contributed by atoms with Crippen LogP contribution in [-0.4, -0.2) is 32.4 Å². The van der Waals surface area contributed by atoms with Gasteiger partial charge in [-0.05, 0) is 31.4 Å². The van der Waals surface area contributed by atoms with Gasteiger partial charge in [-0.3, -0.25) is 0 Å². The Morgan fingerprint density at radius 3 is 2.32 bits per heavy atom. The number of unbranched alkanes of at least 4 members (excludes halogenated alkanes) is 8. The van der Waals surface area contributed by atoms with E-state index in [1.807, 2.05) is 0 Å². The second-order valence-electron chi connectivity index (χ2n) is 8.84. The molecular weight excluding hydrogens is 442 g/mol. The van der Waals surface area contributed by atoms with Crippen LogP contribution < -0.4 is 4.74 Å². The summed E-state index contributed by atoms with van der Waals surface area (Å²) in [5, 5.41) is 0. The molecule has 0 bridgehead atoms. The highest BCUT2D eigenvalue weighted by Gasteiger charge is 2.28. The maximum absolute atomic E-state index is 14.6. The number of carbonyl (C=O) groups excluding carboxylic acids is 1. The summed E-state index contributed by atoms with van der Waals surface area (Å²) in [5.74, 6) is -2.19. The second kappa shape index (κ2) is 16.6. The van der Waals surface area contributed by atoms with Crippen LogP contribution in [0.5, 0.6) is 5.75 Å². The van der Waals surface area contributed by atoms with Crippen molar-refractivity contribution in [3.8, 4) is 5.75 Å². The van der Waals surface area contributed by atoms with Crippen LogP contribution >= 0.6 is 0 Å². The van der Waals surface area contributed by atoms with E-state index in [1.54, 1.807) is 0 Å². The molecule has 1 saturated heterocycles. The molecule has 1 heterocycles. The number of halogens is 2. The van der Waals surface area contributed by atoms with Crippen LogP contribution in [0.1, 0.15) is 89.4 Å². The molecule has 192 valence electrons. The summed E-state index contributed by atoms with van der Waals surface area (Å²) in [5.41, 5.74) is 0.0666. The molecule has 0 aliphatic carbocycles. The Balaban J connectivity index is 1.65. The first kappa shape index (κ1) is 28.2. The smallest absolute Gasteiger partial charge is 0.330 e. The highest BCUT2D eigenvalue weighted by atomic mass is 19.2. The van der Waals surface area contributed by atoms with Crippen molar-refractivity contribution < 1.29 is 32.5 Å². The lowest BCUT2D eigenvalue weighted by Crippen LogP contribution is -2.27. The topological polar surface area (TPSA) is 54.0 Å². The van der Waals surface area contributed by atoms with Gasteiger partial charge in [0.1, 0.15) is 0 Å². The third-order valence-electron chi connectivity index (χ3n) is 5.97. The normalized spacial score (nSPS) is 18.0. The van der Waals surface area contributed by atoms with Crippen LogP contribution in [0.3, 0.4) is 0 Å². The lowest BCUT2D eigenvalue weighted by atomic mass is 10.0. The Bertz CT molecular complexity index is 732. The van der Waals surface area contributed by atoms with Gasteiger partial charge < -0.3 is 18.9 Å². The minimum absolute atomic E-state index is 0.0666. The molecule has 0 unspecified atom stereocenters. The van der Waals surface area contributed by atoms with Crippen molar-refractivity contribution in [2.75, 3.05) is 26.4 Å². The Morgan fingerprint density at radius 1 is 0.971 bits per heavy atom. The molecule has 2 rings (SSSR count). The minimum Gasteiger partial charge on any atom is -0.490 e. The minimum atomic E-state index is -0.989. The van der Waals surface area contributed by atoms with Crippen LogP contribution in [0, 0.1) is 17.6 Å². The molecule has 1 aromatic rings. The van der Waals surface area contributed by atoms with E-state index in [0.29, 0.717) is 26.4 Å². The molecule has 0 radical (unpaired) electrons. The SMILES string of the molecule is C=CC(=O)OCCCCCCC1COC(c2ccc(OCCCCCCCC)c(F)c2F)OC1. The lowest BCUT2D eigenvalue weighted by Gasteiger charge is -2.30. The molecule has 0 aromatic heterocycles. The van der Waals surface area contributed by atoms with Gasteiger partial charge in [-0.2, -0.15) is 4.39 Å². The number of ether oxygens (including phenoxy) is 4. The molecule has 0 atom stereocenters. The zero-order chi connectivity index (χ0) is 24.6. The Kier molecular flexibility index (Phi) is 13.8. The zero-order valence-corrected chi connectivity index (χ0v) is 20.5. The van der Waals surface area contributed by atoms with Gasteiger partial charge in [-0.15, -0.1) is 0 Å². The van der Waals surface area contributed by atoms with E-state index in [1.165, 1.54) is 31.4 Å². The van der Waals surface area contributed by atoms with E-state index in [2.05, 4.69) is 13.5 Å². The standard InChI is InChI=1S/C27H40F2O5/c1-3-5-6-7-9-12-17-31-23-16-15-22(25(28)26(23)29)27-33-19-21(20-34-27)14-11-8-10-13-18-32-24(30)4-2/h4,15-16,21,27H,2-3,5-14,17-20H2,1H3. The molecule has 0 N–H and O–H groups in total. The van der Waals surface area contributed by atoms with Gasteiger partial charge in [-0.1, -0.05) is 64.9 Å². The van der Waals surface area contributed by atoms with Crippen LogP contribution in [0.15, 0.2) is 24.8 Å². The molecule has 5 nitrogen and oxygen atoms in total. The van der Waals surface area contributed by atoms with Crippen molar-refractivity contribution in [3.63, 3.8) is 0 Å². The number of hydrogen-bond acceptors (Lipinski definition) is 5. The summed E-state index contributed by atoms with van der Waals surface area (Å²) in [7, 11) is 0. The predicted molar refractivity (Wildman–Crippen MR) is 128 cm³/mol. The average Bonchev–Trinajstić information content (AvgIpc) is 2.85. The summed E-state index contributed by atoms with van der Waals surface area (Å²) < 4.78 is 50.9. The summed E-state index contributed by atoms with van der Waals surface area (Å²) in [4.78, 5) is 11.0. The summed E-state index contributed by atoms with van der Waals surface area (Å²) in [6.07, 6.45) is 11.6. The predicted octanol–water partition coefficient (Wildman–Crippen LogP) is 7.05. The van der Waals surface area contributed by atoms with Crippen LogP contribution in [0.2, 0.25) is 0 Å². The average molecular weight is 483 g/mol. The van der Waals surface area contributed by atoms with Crippen molar-refractivity contribution in [1.82, 2.24) is 0 Å². The number of hydrogen-bond donors (Lipinski definition) is 0. The maximum atomic E-state index is 14.6. The number of carbonyl (C=O) groups is 1. The molecule has 0 amide bonds. The first-order valence-electron chi connectivity index (χ1n) is 12.7. The quantitative estimate of drug-likeness (QED) is 0.135. The number of esters is 1. The number of benzene rings is 1. The fourth-order valence-electron chi connectivity index (χ4n) is 3.91. The molecule has 0 saturated carbocycles. The van der Waals surface area contributed by atoms with Crippen molar-refractivity contribution in [3.05, 3.63) is 42.0 Å². The number of rotatable bonds is 17. The lowest BCUT2D eigenvalue weighted by molar-refractivity contribution is -0.207. The van der Waals surface area contributed by atoms with Crippen molar-refractivity contribution in [2.45, 2.75) is 83.8 Å². The summed E-state index contributed by atoms with van der Waals surface area (Å²) >= 11 is 0. The van der Waals surface area contributed by atoms with Gasteiger partial charge in [0.25, 0.3) is 0 Å². The molecule has 1 aliphatic rings. The van der Waals surface area contributed by atoms with E-state index >= 15 is 0 Å². The first-order valence-corrected chi connectivity index (χ1v) is 12.7. The van der Waals surface area contributed by atoms with Crippen LogP contribution in [-0.2, 0) is 19.0 Å². The first-order chi connectivity index (χ1) is 16.6. The fourth-order valence-corrected chi connectivity index (χ4v) is 3.91. The highest BCUT2D eigenvalue weighted by molar-refractivity contribution is 5.81. The van der Waals surface area contributed by atoms with Gasteiger partial charge >= 0.3 is 5.97 Å². The van der Waals surface area contributed by atoms with E-state index in [-0.39, 0.29) is 17.2 Å². The zero-order valence-electron chi connectivity index (χ0n) is 20.5. The molecule has 0 spiro atoms. The Morgan fingerprint density at radius 2 is 1.62 bits per heavy atom. The van der Waals surface area contributed by atoms with Gasteiger partial charge in [0.15, 0.2) is 17.9 Å². The van der Waals surface area contributed by atoms with Gasteiger partial charge in [0, 0.05) is 17.6 Å². The fraction of sp³-hybridized carbons (Fsp3) is 0.667. The molecule has 1 fully saturated rings. The van der Waals surface area contributed by atoms with Gasteiger partial charge in [0.2, 0.25) is 5.82 Å². The molecule has 1 aromatic carbocycles. The second-order valence-corrected chi connectivity index (χ2v) is 8.84. The molecule has 34 heavy (non-hydrogen) atoms. The Labute approximate surface area is 202 Å². The Hall–Kier alpha value is -1.99. The van der Waals surface area contributed by atoms with Crippen molar-refractivity contribution >= 4 is 5.97 Å². The molecular formula is C27H40F2O5. The highest BCUT2D eigenvalue weighted by Crippen LogP contribution is 2.32. The van der Waals surface area contributed by atoms with Gasteiger partial charge in [-0.25, -0.2) is 9.18 Å². The molecule has 7 heteroatoms. The van der Waals surface area contributed by atoms with Crippen molar-refractivity contribution in [1.29, 1.82) is 0 Å². The third-order valence-corrected chi connectivity index (χ3v) is 5.97. The van der Waals surface area contributed by atoms with E-state index < -0.39 is 23.9 Å². The molecule has 1 aliphatic heterocycles. The van der Waals surface area contributed by atoms with Crippen molar-refractivity contribution in [2.24, 2.45) is 5.92 Å². The van der Waals surface area contributed by atoms with E-state index in [9.17, 15) is 13.6 Å². The van der Waals surface area contributed by atoms with E-state index in [0.717, 1.165) is 57.4 Å². The summed E-state index contributed by atoms with van der Waals surface area (Å²) in [6, 6.07) is 2.94. The monoisotopic (exact) mass is 482 g/mol. The largest absolute Gasteiger partial charge is 0.490 e. The summed E-state index contributed by atoms with van der Waals surface area (Å²) in [6.45, 7) is 7.20. The van der Waals surface area contributed by atoms with E-state index in [4.69, 9.17) is 18.9 Å². The maximum Gasteiger partial charge on any atom is 0.330 e. The van der Waals surface area contributed by atoms with Crippen LogP contribution in [0.25, 0.3) is 0 Å². The van der Waals surface area contributed by atoms with Crippen LogP contribution in [0.4, 0.5) is 8.78 Å². The van der Waals surface area contributed by atoms with Gasteiger partial charge in [0.05, 0.1) is 26.4 Å². The third kappa shape index (κ3) is 10.1.